The number of hydrogen-bond donors (Lipinski definition) is 1. The Hall–Kier alpha value is -0.870. The minimum Gasteiger partial charge on any atom is -0.375 e. The van der Waals surface area contributed by atoms with Crippen LogP contribution in [0.4, 0.5) is 5.13 Å². The molecule has 2 aliphatic rings. The third-order valence-corrected chi connectivity index (χ3v) is 5.34. The van der Waals surface area contributed by atoms with Crippen LogP contribution in [0.2, 0.25) is 0 Å². The van der Waals surface area contributed by atoms with E-state index in [2.05, 4.69) is 31.8 Å². The van der Waals surface area contributed by atoms with E-state index in [0.717, 1.165) is 6.42 Å². The fraction of sp³-hybridized carbons (Fsp3) is 0.643. The Morgan fingerprint density at radius 2 is 2.28 bits per heavy atom. The Balaban J connectivity index is 1.98. The summed E-state index contributed by atoms with van der Waals surface area (Å²) in [6.07, 6.45) is 6.76. The van der Waals surface area contributed by atoms with Gasteiger partial charge in [0.05, 0.1) is 10.5 Å². The van der Waals surface area contributed by atoms with Crippen LogP contribution < -0.4 is 5.73 Å². The second kappa shape index (κ2) is 4.07. The molecule has 4 heteroatoms. The van der Waals surface area contributed by atoms with Crippen LogP contribution in [0.15, 0.2) is 17.8 Å². The molecule has 2 heterocycles. The first-order chi connectivity index (χ1) is 8.47. The zero-order valence-electron chi connectivity index (χ0n) is 11.1. The zero-order valence-corrected chi connectivity index (χ0v) is 12.0. The van der Waals surface area contributed by atoms with Crippen LogP contribution in [-0.2, 0) is 4.74 Å². The highest BCUT2D eigenvalue weighted by Gasteiger charge is 2.45. The van der Waals surface area contributed by atoms with Crippen molar-refractivity contribution in [1.82, 2.24) is 4.98 Å². The highest BCUT2D eigenvalue weighted by atomic mass is 32.1. The van der Waals surface area contributed by atoms with Crippen molar-refractivity contribution < 1.29 is 4.74 Å². The first-order valence-corrected chi connectivity index (χ1v) is 7.34. The maximum absolute atomic E-state index is 6.38. The quantitative estimate of drug-likeness (QED) is 0.789. The number of nitrogens with two attached hydrogens (primary N) is 1. The lowest BCUT2D eigenvalue weighted by molar-refractivity contribution is -0.165. The lowest BCUT2D eigenvalue weighted by Gasteiger charge is -2.49. The second-order valence-electron chi connectivity index (χ2n) is 5.97. The molecule has 1 aromatic rings. The van der Waals surface area contributed by atoms with E-state index in [1.54, 1.807) is 11.3 Å². The van der Waals surface area contributed by atoms with Crippen molar-refractivity contribution in [2.45, 2.75) is 45.3 Å². The molecule has 18 heavy (non-hydrogen) atoms. The molecular weight excluding hydrogens is 244 g/mol. The van der Waals surface area contributed by atoms with E-state index in [-0.39, 0.29) is 11.7 Å². The molecule has 1 fully saturated rings. The fourth-order valence-corrected chi connectivity index (χ4v) is 3.97. The van der Waals surface area contributed by atoms with Gasteiger partial charge in [-0.05, 0) is 39.5 Å². The number of allylic oxidation sites excluding steroid dienone is 1. The molecule has 1 saturated heterocycles. The van der Waals surface area contributed by atoms with E-state index < -0.39 is 0 Å². The summed E-state index contributed by atoms with van der Waals surface area (Å²) in [6.45, 7) is 6.64. The molecule has 1 aromatic heterocycles. The van der Waals surface area contributed by atoms with Crippen molar-refractivity contribution in [3.63, 3.8) is 0 Å². The van der Waals surface area contributed by atoms with Crippen LogP contribution in [0.25, 0.3) is 0 Å². The van der Waals surface area contributed by atoms with Gasteiger partial charge in [0.1, 0.15) is 6.10 Å². The molecule has 3 unspecified atom stereocenters. The average Bonchev–Trinajstić information content (AvgIpc) is 2.73. The van der Waals surface area contributed by atoms with Gasteiger partial charge < -0.3 is 10.5 Å². The van der Waals surface area contributed by atoms with Crippen molar-refractivity contribution in [3.05, 3.63) is 22.7 Å². The number of hydrogen-bond acceptors (Lipinski definition) is 4. The molecule has 3 rings (SSSR count). The fourth-order valence-electron chi connectivity index (χ4n) is 3.19. The average molecular weight is 264 g/mol. The van der Waals surface area contributed by atoms with E-state index in [0.29, 0.717) is 17.0 Å². The van der Waals surface area contributed by atoms with Crippen molar-refractivity contribution in [3.8, 4) is 0 Å². The van der Waals surface area contributed by atoms with Crippen LogP contribution in [0, 0.1) is 11.8 Å². The Morgan fingerprint density at radius 3 is 2.94 bits per heavy atom. The number of nitrogens with zero attached hydrogens (tertiary/aromatic N) is 1. The molecular formula is C14H20N2OS. The van der Waals surface area contributed by atoms with Gasteiger partial charge in [0.15, 0.2) is 5.13 Å². The molecule has 0 spiro atoms. The summed E-state index contributed by atoms with van der Waals surface area (Å²) in [6, 6.07) is 0. The van der Waals surface area contributed by atoms with Crippen molar-refractivity contribution in [2.75, 3.05) is 5.73 Å². The van der Waals surface area contributed by atoms with Gasteiger partial charge in [-0.25, -0.2) is 4.98 Å². The molecule has 0 saturated carbocycles. The molecule has 3 nitrogen and oxygen atoms in total. The molecule has 2 bridgehead atoms. The molecule has 0 aromatic carbocycles. The summed E-state index contributed by atoms with van der Waals surface area (Å²) >= 11 is 1.56. The zero-order chi connectivity index (χ0) is 12.9. The summed E-state index contributed by atoms with van der Waals surface area (Å²) in [4.78, 5) is 5.33. The maximum Gasteiger partial charge on any atom is 0.180 e. The normalized spacial score (nSPS) is 34.2. The van der Waals surface area contributed by atoms with Crippen molar-refractivity contribution in [1.29, 1.82) is 0 Å². The van der Waals surface area contributed by atoms with Crippen LogP contribution in [0.5, 0.6) is 0 Å². The molecule has 0 radical (unpaired) electrons. The van der Waals surface area contributed by atoms with Crippen LogP contribution in [0.1, 0.15) is 44.6 Å². The van der Waals surface area contributed by atoms with Gasteiger partial charge in [-0.1, -0.05) is 23.0 Å². The second-order valence-corrected chi connectivity index (χ2v) is 7.06. The SMILES string of the molecule is CC1=CCC2CC1C(c1cnc(N)s1)OC2(C)C. The monoisotopic (exact) mass is 264 g/mol. The van der Waals surface area contributed by atoms with E-state index in [1.807, 2.05) is 6.20 Å². The molecule has 1 aliphatic carbocycles. The highest BCUT2D eigenvalue weighted by molar-refractivity contribution is 7.15. The number of aromatic nitrogens is 1. The first-order valence-electron chi connectivity index (χ1n) is 6.53. The van der Waals surface area contributed by atoms with Gasteiger partial charge in [-0.2, -0.15) is 0 Å². The Labute approximate surface area is 112 Å². The van der Waals surface area contributed by atoms with Crippen molar-refractivity contribution >= 4 is 16.5 Å². The third kappa shape index (κ3) is 1.88. The van der Waals surface area contributed by atoms with E-state index in [4.69, 9.17) is 10.5 Å². The van der Waals surface area contributed by atoms with E-state index in [1.165, 1.54) is 16.9 Å². The maximum atomic E-state index is 6.38. The smallest absolute Gasteiger partial charge is 0.180 e. The minimum absolute atomic E-state index is 0.0584. The first kappa shape index (κ1) is 12.2. The molecule has 3 atom stereocenters. The number of nitrogen functional groups attached to an aromatic ring is 1. The summed E-state index contributed by atoms with van der Waals surface area (Å²) in [5, 5.41) is 0.631. The largest absolute Gasteiger partial charge is 0.375 e. The Morgan fingerprint density at radius 1 is 1.50 bits per heavy atom. The van der Waals surface area contributed by atoms with Gasteiger partial charge in [0, 0.05) is 12.1 Å². The van der Waals surface area contributed by atoms with Crippen LogP contribution in [0.3, 0.4) is 0 Å². The van der Waals surface area contributed by atoms with E-state index in [9.17, 15) is 0 Å². The van der Waals surface area contributed by atoms with Crippen LogP contribution in [-0.4, -0.2) is 10.6 Å². The number of fused-ring (bicyclic) bond motifs is 2. The standard InChI is InChI=1S/C14H20N2OS/c1-8-4-5-9-6-10(8)12(17-14(9,2)3)11-7-16-13(15)18-11/h4,7,9-10,12H,5-6H2,1-3H3,(H2,15,16). The van der Waals surface area contributed by atoms with E-state index >= 15 is 0 Å². The third-order valence-electron chi connectivity index (χ3n) is 4.45. The summed E-state index contributed by atoms with van der Waals surface area (Å²) in [7, 11) is 0. The van der Waals surface area contributed by atoms with Gasteiger partial charge in [-0.3, -0.25) is 0 Å². The number of anilines is 1. The number of rotatable bonds is 1. The summed E-state index contributed by atoms with van der Waals surface area (Å²) in [5.41, 5.74) is 7.15. The molecule has 0 amide bonds. The minimum atomic E-state index is -0.0584. The lowest BCUT2D eigenvalue weighted by Crippen LogP contribution is -2.45. The van der Waals surface area contributed by atoms with Gasteiger partial charge in [0.25, 0.3) is 0 Å². The highest BCUT2D eigenvalue weighted by Crippen LogP contribution is 2.51. The Kier molecular flexibility index (Phi) is 2.75. The topological polar surface area (TPSA) is 48.1 Å². The van der Waals surface area contributed by atoms with Gasteiger partial charge in [-0.15, -0.1) is 0 Å². The summed E-state index contributed by atoms with van der Waals surface area (Å²) < 4.78 is 6.38. The number of ether oxygens (including phenoxy) is 1. The lowest BCUT2D eigenvalue weighted by atomic mass is 9.69. The molecule has 1 aliphatic heterocycles. The van der Waals surface area contributed by atoms with Gasteiger partial charge in [0.2, 0.25) is 0 Å². The van der Waals surface area contributed by atoms with Gasteiger partial charge >= 0.3 is 0 Å². The predicted molar refractivity (Wildman–Crippen MR) is 74.4 cm³/mol. The van der Waals surface area contributed by atoms with Crippen molar-refractivity contribution in [2.24, 2.45) is 11.8 Å². The molecule has 98 valence electrons. The Bertz CT molecular complexity index is 492. The van der Waals surface area contributed by atoms with Crippen LogP contribution >= 0.6 is 11.3 Å². The number of thiazole rings is 1. The predicted octanol–water partition coefficient (Wildman–Crippen LogP) is 3.55. The molecule has 2 N–H and O–H groups in total. The summed E-state index contributed by atoms with van der Waals surface area (Å²) in [5.74, 6) is 1.13.